The van der Waals surface area contributed by atoms with E-state index >= 15 is 0 Å². The number of likely N-dealkylation sites (N-methyl/N-ethyl adjacent to an activating group) is 1. The maximum Gasteiger partial charge on any atom is 0.243 e. The number of nitrogens with one attached hydrogen (secondary N) is 2. The van der Waals surface area contributed by atoms with Crippen LogP contribution in [0, 0.1) is 12.3 Å². The highest BCUT2D eigenvalue weighted by molar-refractivity contribution is 5.91. The van der Waals surface area contributed by atoms with Crippen LogP contribution in [0.15, 0.2) is 35.1 Å². The number of carbonyl (C=O) groups excluding carboxylic acids is 2. The number of amides is 2. The first-order chi connectivity index (χ1) is 14.6. The van der Waals surface area contributed by atoms with Crippen molar-refractivity contribution in [2.24, 2.45) is 5.41 Å². The topological polar surface area (TPSA) is 87.5 Å². The Kier molecular flexibility index (Phi) is 6.84. The van der Waals surface area contributed by atoms with Crippen molar-refractivity contribution in [1.82, 2.24) is 20.5 Å². The highest BCUT2D eigenvalue weighted by atomic mass is 16.3. The zero-order chi connectivity index (χ0) is 22.8. The Hall–Kier alpha value is -2.67. The maximum absolute atomic E-state index is 13.1. The summed E-state index contributed by atoms with van der Waals surface area (Å²) < 4.78 is 5.45. The third-order valence-electron chi connectivity index (χ3n) is 6.02. The molecule has 7 nitrogen and oxygen atoms in total. The fraction of sp³-hybridized carbons (Fsp3) is 0.542. The van der Waals surface area contributed by atoms with Crippen LogP contribution in [0.3, 0.4) is 0 Å². The van der Waals surface area contributed by atoms with Gasteiger partial charge in [0.1, 0.15) is 6.04 Å². The number of nitrogens with zero attached hydrogens (tertiary/aromatic N) is 2. The molecule has 2 heterocycles. The number of hydrogen-bond acceptors (Lipinski definition) is 5. The summed E-state index contributed by atoms with van der Waals surface area (Å²) in [4.78, 5) is 32.1. The van der Waals surface area contributed by atoms with Crippen LogP contribution in [-0.2, 0) is 9.59 Å². The van der Waals surface area contributed by atoms with Crippen molar-refractivity contribution < 1.29 is 14.0 Å². The number of likely N-dealkylation sites (tertiary alicyclic amines) is 1. The molecule has 1 aromatic heterocycles. The molecule has 0 saturated carbocycles. The van der Waals surface area contributed by atoms with Crippen LogP contribution in [0.2, 0.25) is 0 Å². The van der Waals surface area contributed by atoms with E-state index in [1.807, 2.05) is 58.9 Å². The molecule has 0 spiro atoms. The number of rotatable bonds is 6. The van der Waals surface area contributed by atoms with Gasteiger partial charge in [0.05, 0.1) is 17.8 Å². The summed E-state index contributed by atoms with van der Waals surface area (Å²) >= 11 is 0. The molecule has 0 bridgehead atoms. The van der Waals surface area contributed by atoms with Gasteiger partial charge in [0.2, 0.25) is 11.8 Å². The van der Waals surface area contributed by atoms with Crippen molar-refractivity contribution in [1.29, 1.82) is 0 Å². The van der Waals surface area contributed by atoms with Crippen LogP contribution in [0.5, 0.6) is 0 Å². The van der Waals surface area contributed by atoms with Gasteiger partial charge in [-0.25, -0.2) is 4.98 Å². The Bertz CT molecular complexity index is 914. The van der Waals surface area contributed by atoms with Crippen molar-refractivity contribution in [3.05, 3.63) is 41.9 Å². The van der Waals surface area contributed by atoms with Gasteiger partial charge in [0.15, 0.2) is 12.2 Å². The highest BCUT2D eigenvalue weighted by Crippen LogP contribution is 2.27. The molecule has 2 aromatic rings. The van der Waals surface area contributed by atoms with E-state index in [1.54, 1.807) is 11.9 Å². The van der Waals surface area contributed by atoms with Crippen LogP contribution in [0.4, 0.5) is 0 Å². The Balaban J connectivity index is 1.67. The highest BCUT2D eigenvalue weighted by Gasteiger charge is 2.40. The minimum atomic E-state index is -0.427. The van der Waals surface area contributed by atoms with Crippen molar-refractivity contribution >= 4 is 11.8 Å². The molecule has 2 N–H and O–H groups in total. The molecule has 0 unspecified atom stereocenters. The standard InChI is InChI=1S/C24H34N4O3/c1-15(17-9-11-18(12-10-17)20-16(2)26-14-31-20)27-22(29)19-8-7-13-28(19)23(30)21(25-6)24(3,4)5/h9-12,14-15,19,21,25H,7-8,13H2,1-6H3,(H,27,29)/t15-,19-,21+/m0/s1. The second kappa shape index (κ2) is 9.22. The normalized spacial score (nSPS) is 18.6. The second-order valence-corrected chi connectivity index (χ2v) is 9.40. The smallest absolute Gasteiger partial charge is 0.243 e. The van der Waals surface area contributed by atoms with E-state index in [-0.39, 0.29) is 29.3 Å². The molecule has 1 saturated heterocycles. The van der Waals surface area contributed by atoms with Gasteiger partial charge in [-0.3, -0.25) is 9.59 Å². The lowest BCUT2D eigenvalue weighted by molar-refractivity contribution is -0.142. The van der Waals surface area contributed by atoms with E-state index in [2.05, 4.69) is 15.6 Å². The molecule has 0 radical (unpaired) electrons. The molecule has 1 aromatic carbocycles. The van der Waals surface area contributed by atoms with E-state index in [0.717, 1.165) is 29.0 Å². The lowest BCUT2D eigenvalue weighted by Crippen LogP contribution is -2.55. The first-order valence-electron chi connectivity index (χ1n) is 10.9. The van der Waals surface area contributed by atoms with Gasteiger partial charge < -0.3 is 20.0 Å². The summed E-state index contributed by atoms with van der Waals surface area (Å²) in [6.45, 7) is 10.6. The maximum atomic E-state index is 13.1. The monoisotopic (exact) mass is 426 g/mol. The third-order valence-corrected chi connectivity index (χ3v) is 6.02. The number of aryl methyl sites for hydroxylation is 1. The molecular formula is C24H34N4O3. The van der Waals surface area contributed by atoms with Crippen LogP contribution < -0.4 is 10.6 Å². The van der Waals surface area contributed by atoms with E-state index < -0.39 is 6.04 Å². The summed E-state index contributed by atoms with van der Waals surface area (Å²) in [6.07, 6.45) is 2.97. The summed E-state index contributed by atoms with van der Waals surface area (Å²) in [5.74, 6) is 0.644. The van der Waals surface area contributed by atoms with E-state index in [0.29, 0.717) is 13.0 Å². The second-order valence-electron chi connectivity index (χ2n) is 9.40. The molecule has 1 aliphatic heterocycles. The van der Waals surface area contributed by atoms with E-state index in [1.165, 1.54) is 6.39 Å². The Morgan fingerprint density at radius 2 is 1.90 bits per heavy atom. The predicted octanol–water partition coefficient (Wildman–Crippen LogP) is 3.45. The zero-order valence-corrected chi connectivity index (χ0v) is 19.4. The summed E-state index contributed by atoms with van der Waals surface area (Å²) in [7, 11) is 1.80. The number of hydrogen-bond donors (Lipinski definition) is 2. The quantitative estimate of drug-likeness (QED) is 0.739. The molecule has 31 heavy (non-hydrogen) atoms. The van der Waals surface area contributed by atoms with Gasteiger partial charge in [-0.1, -0.05) is 45.0 Å². The number of carbonyl (C=O) groups is 2. The van der Waals surface area contributed by atoms with Crippen LogP contribution in [0.1, 0.15) is 57.8 Å². The molecule has 0 aliphatic carbocycles. The van der Waals surface area contributed by atoms with Crippen molar-refractivity contribution in [3.63, 3.8) is 0 Å². The van der Waals surface area contributed by atoms with Crippen LogP contribution in [0.25, 0.3) is 11.3 Å². The van der Waals surface area contributed by atoms with Gasteiger partial charge in [-0.15, -0.1) is 0 Å². The fourth-order valence-corrected chi connectivity index (χ4v) is 4.29. The number of oxazole rings is 1. The number of aromatic nitrogens is 1. The van der Waals surface area contributed by atoms with E-state index in [4.69, 9.17) is 4.42 Å². The van der Waals surface area contributed by atoms with Crippen molar-refractivity contribution in [3.8, 4) is 11.3 Å². The Morgan fingerprint density at radius 1 is 1.23 bits per heavy atom. The molecule has 2 amide bonds. The zero-order valence-electron chi connectivity index (χ0n) is 19.4. The van der Waals surface area contributed by atoms with Gasteiger partial charge in [-0.2, -0.15) is 0 Å². The fourth-order valence-electron chi connectivity index (χ4n) is 4.29. The average Bonchev–Trinajstić information content (AvgIpc) is 3.36. The molecule has 7 heteroatoms. The van der Waals surface area contributed by atoms with Gasteiger partial charge in [-0.05, 0) is 44.7 Å². The average molecular weight is 427 g/mol. The van der Waals surface area contributed by atoms with Crippen LogP contribution in [-0.4, -0.2) is 47.4 Å². The van der Waals surface area contributed by atoms with E-state index in [9.17, 15) is 9.59 Å². The van der Waals surface area contributed by atoms with Crippen LogP contribution >= 0.6 is 0 Å². The summed E-state index contributed by atoms with van der Waals surface area (Å²) in [6, 6.07) is 6.98. The van der Waals surface area contributed by atoms with Gasteiger partial charge in [0.25, 0.3) is 0 Å². The lowest BCUT2D eigenvalue weighted by atomic mass is 9.86. The first-order valence-corrected chi connectivity index (χ1v) is 10.9. The summed E-state index contributed by atoms with van der Waals surface area (Å²) in [5, 5.41) is 6.23. The molecule has 1 aliphatic rings. The predicted molar refractivity (Wildman–Crippen MR) is 120 cm³/mol. The first kappa shape index (κ1) is 23.0. The molecular weight excluding hydrogens is 392 g/mol. The third kappa shape index (κ3) is 4.98. The SMILES string of the molecule is CN[C@H](C(=O)N1CCC[C@H]1C(=O)N[C@@H](C)c1ccc(-c2ocnc2C)cc1)C(C)(C)C. The molecule has 3 rings (SSSR count). The molecule has 168 valence electrons. The summed E-state index contributed by atoms with van der Waals surface area (Å²) in [5.41, 5.74) is 2.56. The largest absolute Gasteiger partial charge is 0.443 e. The minimum Gasteiger partial charge on any atom is -0.443 e. The van der Waals surface area contributed by atoms with Crippen molar-refractivity contribution in [2.45, 2.75) is 65.6 Å². The number of benzene rings is 1. The van der Waals surface area contributed by atoms with Gasteiger partial charge in [0, 0.05) is 12.1 Å². The van der Waals surface area contributed by atoms with Gasteiger partial charge >= 0.3 is 0 Å². The molecule has 3 atom stereocenters. The Morgan fingerprint density at radius 3 is 2.45 bits per heavy atom. The lowest BCUT2D eigenvalue weighted by Gasteiger charge is -2.35. The molecule has 1 fully saturated rings. The minimum absolute atomic E-state index is 0.00733. The van der Waals surface area contributed by atoms with Crippen molar-refractivity contribution in [2.75, 3.05) is 13.6 Å². The Labute approximate surface area is 184 Å².